The van der Waals surface area contributed by atoms with E-state index in [-0.39, 0.29) is 5.41 Å². The van der Waals surface area contributed by atoms with Crippen molar-refractivity contribution >= 4 is 10.8 Å². The van der Waals surface area contributed by atoms with Crippen molar-refractivity contribution in [2.45, 2.75) is 26.2 Å². The van der Waals surface area contributed by atoms with Gasteiger partial charge in [0.15, 0.2) is 0 Å². The molecule has 0 spiro atoms. The minimum Gasteiger partial charge on any atom is -0.192 e. The number of hydrogen-bond donors (Lipinski definition) is 0. The Morgan fingerprint density at radius 1 is 0.938 bits per heavy atom. The molecule has 0 radical (unpaired) electrons. The molecule has 0 aromatic heterocycles. The van der Waals surface area contributed by atoms with Crippen LogP contribution < -0.4 is 0 Å². The van der Waals surface area contributed by atoms with Gasteiger partial charge in [0.05, 0.1) is 11.6 Å². The van der Waals surface area contributed by atoms with Crippen LogP contribution in [0.25, 0.3) is 10.8 Å². The van der Waals surface area contributed by atoms with Gasteiger partial charge in [0, 0.05) is 0 Å². The predicted octanol–water partition coefficient (Wildman–Crippen LogP) is 4.01. The SMILES string of the molecule is CC(C)(C)c1ccc(C#N)c2ccccc12. The molecule has 2 rings (SSSR count). The molecule has 0 aliphatic carbocycles. The Balaban J connectivity index is 2.87. The topological polar surface area (TPSA) is 23.8 Å². The maximum atomic E-state index is 9.08. The van der Waals surface area contributed by atoms with Crippen molar-refractivity contribution in [2.75, 3.05) is 0 Å². The number of nitriles is 1. The van der Waals surface area contributed by atoms with E-state index < -0.39 is 0 Å². The number of nitrogens with zero attached hydrogens (tertiary/aromatic N) is 1. The molecular formula is C15H15N. The second-order valence-corrected chi connectivity index (χ2v) is 5.07. The first-order valence-corrected chi connectivity index (χ1v) is 5.46. The Morgan fingerprint density at radius 2 is 1.56 bits per heavy atom. The van der Waals surface area contributed by atoms with Crippen LogP contribution >= 0.6 is 0 Å². The minimum atomic E-state index is 0.105. The van der Waals surface area contributed by atoms with E-state index in [4.69, 9.17) is 5.26 Å². The molecule has 80 valence electrons. The number of hydrogen-bond acceptors (Lipinski definition) is 1. The van der Waals surface area contributed by atoms with Crippen LogP contribution in [0.1, 0.15) is 31.9 Å². The van der Waals surface area contributed by atoms with Crippen molar-refractivity contribution in [3.05, 3.63) is 47.5 Å². The summed E-state index contributed by atoms with van der Waals surface area (Å²) in [6.45, 7) is 6.59. The standard InChI is InChI=1S/C15H15N/c1-15(2,3)14-9-8-11(10-16)12-6-4-5-7-13(12)14/h4-9H,1-3H3. The van der Waals surface area contributed by atoms with Gasteiger partial charge in [0.2, 0.25) is 0 Å². The van der Waals surface area contributed by atoms with Crippen molar-refractivity contribution < 1.29 is 0 Å². The lowest BCUT2D eigenvalue weighted by Gasteiger charge is -2.21. The molecule has 0 heterocycles. The summed E-state index contributed by atoms with van der Waals surface area (Å²) in [6.07, 6.45) is 0. The van der Waals surface area contributed by atoms with E-state index in [9.17, 15) is 0 Å². The highest BCUT2D eigenvalue weighted by molar-refractivity contribution is 5.91. The van der Waals surface area contributed by atoms with E-state index >= 15 is 0 Å². The Hall–Kier alpha value is -1.81. The van der Waals surface area contributed by atoms with E-state index in [1.165, 1.54) is 10.9 Å². The first-order valence-electron chi connectivity index (χ1n) is 5.46. The van der Waals surface area contributed by atoms with Gasteiger partial charge in [-0.05, 0) is 27.8 Å². The summed E-state index contributed by atoms with van der Waals surface area (Å²) < 4.78 is 0. The van der Waals surface area contributed by atoms with Crippen LogP contribution in [0.5, 0.6) is 0 Å². The molecule has 1 heteroatoms. The third-order valence-electron chi connectivity index (χ3n) is 2.85. The number of fused-ring (bicyclic) bond motifs is 1. The van der Waals surface area contributed by atoms with Gasteiger partial charge in [-0.3, -0.25) is 0 Å². The van der Waals surface area contributed by atoms with Gasteiger partial charge in [-0.15, -0.1) is 0 Å². The quantitative estimate of drug-likeness (QED) is 0.643. The van der Waals surface area contributed by atoms with Gasteiger partial charge in [0.25, 0.3) is 0 Å². The summed E-state index contributed by atoms with van der Waals surface area (Å²) in [5.74, 6) is 0. The monoisotopic (exact) mass is 209 g/mol. The smallest absolute Gasteiger partial charge is 0.0998 e. The Morgan fingerprint density at radius 3 is 2.12 bits per heavy atom. The van der Waals surface area contributed by atoms with Crippen LogP contribution in [0.2, 0.25) is 0 Å². The molecule has 1 nitrogen and oxygen atoms in total. The van der Waals surface area contributed by atoms with E-state index in [1.54, 1.807) is 0 Å². The minimum absolute atomic E-state index is 0.105. The predicted molar refractivity (Wildman–Crippen MR) is 67.4 cm³/mol. The third-order valence-corrected chi connectivity index (χ3v) is 2.85. The highest BCUT2D eigenvalue weighted by Crippen LogP contribution is 2.31. The molecule has 0 saturated heterocycles. The molecule has 16 heavy (non-hydrogen) atoms. The fourth-order valence-electron chi connectivity index (χ4n) is 2.05. The Bertz CT molecular complexity index is 568. The van der Waals surface area contributed by atoms with Gasteiger partial charge in [-0.2, -0.15) is 5.26 Å². The summed E-state index contributed by atoms with van der Waals surface area (Å²) in [7, 11) is 0. The van der Waals surface area contributed by atoms with Gasteiger partial charge in [-0.1, -0.05) is 51.1 Å². The molecule has 2 aromatic carbocycles. The molecule has 0 amide bonds. The molecule has 0 saturated carbocycles. The summed E-state index contributed by atoms with van der Waals surface area (Å²) in [4.78, 5) is 0. The van der Waals surface area contributed by atoms with Gasteiger partial charge >= 0.3 is 0 Å². The lowest BCUT2D eigenvalue weighted by atomic mass is 9.83. The van der Waals surface area contributed by atoms with Crippen molar-refractivity contribution in [2.24, 2.45) is 0 Å². The van der Waals surface area contributed by atoms with Crippen molar-refractivity contribution in [3.8, 4) is 6.07 Å². The van der Waals surface area contributed by atoms with Crippen LogP contribution in [-0.4, -0.2) is 0 Å². The maximum Gasteiger partial charge on any atom is 0.0998 e. The third kappa shape index (κ3) is 1.67. The second kappa shape index (κ2) is 3.64. The van der Waals surface area contributed by atoms with Gasteiger partial charge in [-0.25, -0.2) is 0 Å². The van der Waals surface area contributed by atoms with Crippen LogP contribution in [-0.2, 0) is 5.41 Å². The average molecular weight is 209 g/mol. The molecule has 0 bridgehead atoms. The van der Waals surface area contributed by atoms with Crippen LogP contribution in [0.3, 0.4) is 0 Å². The largest absolute Gasteiger partial charge is 0.192 e. The molecule has 0 fully saturated rings. The second-order valence-electron chi connectivity index (χ2n) is 5.07. The van der Waals surface area contributed by atoms with Crippen LogP contribution in [0, 0.1) is 11.3 Å². The van der Waals surface area contributed by atoms with E-state index in [0.29, 0.717) is 0 Å². The van der Waals surface area contributed by atoms with Gasteiger partial charge in [0.1, 0.15) is 0 Å². The maximum absolute atomic E-state index is 9.08. The molecule has 0 unspecified atom stereocenters. The van der Waals surface area contributed by atoms with Crippen molar-refractivity contribution in [3.63, 3.8) is 0 Å². The molecule has 2 aromatic rings. The zero-order valence-electron chi connectivity index (χ0n) is 9.91. The lowest BCUT2D eigenvalue weighted by Crippen LogP contribution is -2.11. The Kier molecular flexibility index (Phi) is 2.44. The molecule has 0 N–H and O–H groups in total. The Labute approximate surface area is 96.3 Å². The van der Waals surface area contributed by atoms with E-state index in [1.807, 2.05) is 24.3 Å². The zero-order valence-corrected chi connectivity index (χ0v) is 9.91. The van der Waals surface area contributed by atoms with Crippen molar-refractivity contribution in [1.82, 2.24) is 0 Å². The fourth-order valence-corrected chi connectivity index (χ4v) is 2.05. The summed E-state index contributed by atoms with van der Waals surface area (Å²) >= 11 is 0. The van der Waals surface area contributed by atoms with Crippen LogP contribution in [0.4, 0.5) is 0 Å². The molecule has 0 atom stereocenters. The lowest BCUT2D eigenvalue weighted by molar-refractivity contribution is 0.596. The summed E-state index contributed by atoms with van der Waals surface area (Å²) in [6, 6.07) is 14.4. The highest BCUT2D eigenvalue weighted by Gasteiger charge is 2.17. The number of benzene rings is 2. The fraction of sp³-hybridized carbons (Fsp3) is 0.267. The summed E-state index contributed by atoms with van der Waals surface area (Å²) in [5.41, 5.74) is 2.15. The normalized spacial score (nSPS) is 11.4. The van der Waals surface area contributed by atoms with Crippen molar-refractivity contribution in [1.29, 1.82) is 5.26 Å². The van der Waals surface area contributed by atoms with E-state index in [2.05, 4.69) is 39.0 Å². The highest BCUT2D eigenvalue weighted by atomic mass is 14.3. The molecular weight excluding hydrogens is 194 g/mol. The first kappa shape index (κ1) is 10.7. The van der Waals surface area contributed by atoms with Gasteiger partial charge < -0.3 is 0 Å². The summed E-state index contributed by atoms with van der Waals surface area (Å²) in [5, 5.41) is 11.3. The number of rotatable bonds is 0. The zero-order chi connectivity index (χ0) is 11.8. The van der Waals surface area contributed by atoms with E-state index in [0.717, 1.165) is 10.9 Å². The van der Waals surface area contributed by atoms with Crippen LogP contribution in [0.15, 0.2) is 36.4 Å². The molecule has 0 aliphatic heterocycles. The first-order chi connectivity index (χ1) is 7.54. The average Bonchev–Trinajstić information content (AvgIpc) is 2.26. The molecule has 0 aliphatic rings.